The predicted molar refractivity (Wildman–Crippen MR) is 203 cm³/mol. The van der Waals surface area contributed by atoms with Crippen molar-refractivity contribution in [2.45, 2.75) is 87.4 Å². The quantitative estimate of drug-likeness (QED) is 0.115. The lowest BCUT2D eigenvalue weighted by Gasteiger charge is -2.37. The van der Waals surface area contributed by atoms with Gasteiger partial charge in [0.25, 0.3) is 0 Å². The molecule has 0 aliphatic heterocycles. The SMILES string of the molecule is O=C1C(=O)c2ccc(C(F)(F)F)cc2/C1=C/C1=Cc2sc3c4c(sc3c2C12CCCCC2)C=C(/C=C1\C(=O)C(=O)c2ccc(C(F)(F)F)cc21)C41CCCCC1. The number of Topliss-reactive ketones (excluding diaryl/α,β-unsaturated/α-hetero) is 4. The first-order valence-electron chi connectivity index (χ1n) is 18.7. The van der Waals surface area contributed by atoms with Crippen LogP contribution in [0.4, 0.5) is 26.3 Å². The zero-order valence-electron chi connectivity index (χ0n) is 29.6. The molecule has 0 bridgehead atoms. The van der Waals surface area contributed by atoms with E-state index in [4.69, 9.17) is 0 Å². The van der Waals surface area contributed by atoms with E-state index in [2.05, 4.69) is 0 Å². The van der Waals surface area contributed by atoms with Crippen LogP contribution < -0.4 is 0 Å². The fraction of sp³-hybridized carbons (Fsp3) is 0.318. The van der Waals surface area contributed by atoms with E-state index in [1.807, 2.05) is 12.2 Å². The van der Waals surface area contributed by atoms with Crippen molar-refractivity contribution in [2.24, 2.45) is 0 Å². The summed E-state index contributed by atoms with van der Waals surface area (Å²) in [5, 5.41) is 0. The standard InChI is InChI=1S/C44H30F6O4S2/c45-43(46,47)21-7-9-25-27(15-21)29(37(53)35(25)51)17-23-19-31-33(41(23)11-3-1-4-12-41)39-40(55-31)34-32(56-39)20-24(42(34)13-5-2-6-14-42)18-30-28-16-22(44(48,49)50)8-10-26(28)36(52)38(30)54/h7-10,15-20H,1-6,11-14H2/b29-17-,30-18-. The average molecular weight is 801 g/mol. The van der Waals surface area contributed by atoms with E-state index < -0.39 is 57.4 Å². The van der Waals surface area contributed by atoms with E-state index in [0.29, 0.717) is 0 Å². The van der Waals surface area contributed by atoms with Gasteiger partial charge in [0.15, 0.2) is 0 Å². The molecular formula is C44H30F6O4S2. The number of hydrogen-bond acceptors (Lipinski definition) is 6. The molecule has 10 rings (SSSR count). The van der Waals surface area contributed by atoms with Gasteiger partial charge in [0.05, 0.1) is 20.5 Å². The number of ketones is 4. The molecule has 0 saturated heterocycles. The molecule has 6 aliphatic rings. The van der Waals surface area contributed by atoms with Crippen molar-refractivity contribution in [3.8, 4) is 0 Å². The Kier molecular flexibility index (Phi) is 7.60. The molecular weight excluding hydrogens is 771 g/mol. The molecule has 2 aromatic heterocycles. The van der Waals surface area contributed by atoms with Crippen molar-refractivity contribution in [3.05, 3.63) is 114 Å². The Hall–Kier alpha value is -4.68. The molecule has 0 unspecified atom stereocenters. The number of hydrogen-bond donors (Lipinski definition) is 0. The maximum absolute atomic E-state index is 13.8. The number of benzene rings is 2. The summed E-state index contributed by atoms with van der Waals surface area (Å²) in [6, 6.07) is 5.64. The van der Waals surface area contributed by atoms with Gasteiger partial charge >= 0.3 is 12.4 Å². The minimum Gasteiger partial charge on any atom is -0.285 e. The summed E-state index contributed by atoms with van der Waals surface area (Å²) in [4.78, 5) is 54.7. The molecule has 4 aromatic rings. The molecule has 12 heteroatoms. The van der Waals surface area contributed by atoms with Crippen LogP contribution in [-0.2, 0) is 32.8 Å². The van der Waals surface area contributed by atoms with E-state index in [1.165, 1.54) is 0 Å². The van der Waals surface area contributed by atoms with Crippen molar-refractivity contribution in [2.75, 3.05) is 0 Å². The van der Waals surface area contributed by atoms with Gasteiger partial charge in [-0.25, -0.2) is 0 Å². The van der Waals surface area contributed by atoms with Gasteiger partial charge in [0, 0.05) is 42.9 Å². The van der Waals surface area contributed by atoms with Crippen LogP contribution in [0.15, 0.2) is 59.7 Å². The molecule has 56 heavy (non-hydrogen) atoms. The van der Waals surface area contributed by atoms with Crippen molar-refractivity contribution in [3.63, 3.8) is 0 Å². The smallest absolute Gasteiger partial charge is 0.285 e. The van der Waals surface area contributed by atoms with Crippen LogP contribution in [0.3, 0.4) is 0 Å². The maximum Gasteiger partial charge on any atom is 0.416 e. The number of carbonyl (C=O) groups excluding carboxylic acids is 4. The molecule has 284 valence electrons. The third kappa shape index (κ3) is 4.90. The summed E-state index contributed by atoms with van der Waals surface area (Å²) in [5.41, 5.74) is 1.00. The highest BCUT2D eigenvalue weighted by atomic mass is 32.1. The molecule has 0 atom stereocenters. The van der Waals surface area contributed by atoms with Crippen LogP contribution in [0.1, 0.15) is 128 Å². The molecule has 4 nitrogen and oxygen atoms in total. The van der Waals surface area contributed by atoms with Gasteiger partial charge in [-0.1, -0.05) is 38.5 Å². The van der Waals surface area contributed by atoms with Crippen molar-refractivity contribution < 1.29 is 45.5 Å². The Morgan fingerprint density at radius 1 is 0.500 bits per heavy atom. The van der Waals surface area contributed by atoms with Crippen LogP contribution in [0.25, 0.3) is 32.7 Å². The van der Waals surface area contributed by atoms with Crippen LogP contribution in [0.5, 0.6) is 0 Å². The average Bonchev–Trinajstić information content (AvgIpc) is 3.95. The van der Waals surface area contributed by atoms with Gasteiger partial charge in [-0.15, -0.1) is 22.7 Å². The largest absolute Gasteiger partial charge is 0.416 e. The number of rotatable bonds is 2. The van der Waals surface area contributed by atoms with Crippen LogP contribution in [0.2, 0.25) is 0 Å². The Labute approximate surface area is 324 Å². The number of halogens is 6. The second-order valence-corrected chi connectivity index (χ2v) is 17.9. The molecule has 0 N–H and O–H groups in total. The van der Waals surface area contributed by atoms with Crippen molar-refractivity contribution in [1.29, 1.82) is 0 Å². The lowest BCUT2D eigenvalue weighted by atomic mass is 9.66. The number of allylic oxidation sites excluding steroid dienone is 6. The highest BCUT2D eigenvalue weighted by Crippen LogP contribution is 2.64. The highest BCUT2D eigenvalue weighted by Gasteiger charge is 2.50. The van der Waals surface area contributed by atoms with Gasteiger partial charge in [0.2, 0.25) is 23.1 Å². The monoisotopic (exact) mass is 800 g/mol. The summed E-state index contributed by atoms with van der Waals surface area (Å²) >= 11 is 3.26. The predicted octanol–water partition coefficient (Wildman–Crippen LogP) is 11.9. The van der Waals surface area contributed by atoms with Crippen LogP contribution >= 0.6 is 22.7 Å². The number of fused-ring (bicyclic) bond motifs is 9. The number of thiophene rings is 2. The van der Waals surface area contributed by atoms with Crippen molar-refractivity contribution >= 4 is 78.5 Å². The highest BCUT2D eigenvalue weighted by molar-refractivity contribution is 7.29. The molecule has 0 amide bonds. The maximum atomic E-state index is 13.8. The minimum atomic E-state index is -4.65. The first kappa shape index (κ1) is 35.7. The summed E-state index contributed by atoms with van der Waals surface area (Å²) in [6.45, 7) is 0. The molecule has 2 aromatic carbocycles. The van der Waals surface area contributed by atoms with Gasteiger partial charge in [0.1, 0.15) is 0 Å². The van der Waals surface area contributed by atoms with E-state index in [0.717, 1.165) is 142 Å². The Morgan fingerprint density at radius 2 is 0.875 bits per heavy atom. The molecule has 2 fully saturated rings. The molecule has 2 saturated carbocycles. The molecule has 2 spiro atoms. The topological polar surface area (TPSA) is 68.3 Å². The molecule has 2 heterocycles. The fourth-order valence-corrected chi connectivity index (χ4v) is 13.5. The molecule has 6 aliphatic carbocycles. The third-order valence-electron chi connectivity index (χ3n) is 12.9. The van der Waals surface area contributed by atoms with E-state index >= 15 is 0 Å². The summed E-state index contributed by atoms with van der Waals surface area (Å²) in [6.07, 6.45) is 6.88. The lowest BCUT2D eigenvalue weighted by Crippen LogP contribution is -2.29. The van der Waals surface area contributed by atoms with Crippen LogP contribution in [0, 0.1) is 0 Å². The second kappa shape index (κ2) is 11.9. The van der Waals surface area contributed by atoms with Gasteiger partial charge in [-0.2, -0.15) is 26.3 Å². The Bertz CT molecular complexity index is 2460. The van der Waals surface area contributed by atoms with Gasteiger partial charge in [-0.05, 0) is 120 Å². The zero-order chi connectivity index (χ0) is 39.1. The molecule has 0 radical (unpaired) electrons. The Balaban J connectivity index is 1.11. The van der Waals surface area contributed by atoms with E-state index in [1.54, 1.807) is 34.8 Å². The van der Waals surface area contributed by atoms with Crippen molar-refractivity contribution in [1.82, 2.24) is 0 Å². The minimum absolute atomic E-state index is 0.00270. The van der Waals surface area contributed by atoms with E-state index in [9.17, 15) is 45.5 Å². The lowest BCUT2D eigenvalue weighted by molar-refractivity contribution is -0.138. The zero-order valence-corrected chi connectivity index (χ0v) is 31.2. The summed E-state index contributed by atoms with van der Waals surface area (Å²) in [5.74, 6) is -3.25. The third-order valence-corrected chi connectivity index (χ3v) is 15.3. The first-order valence-corrected chi connectivity index (χ1v) is 20.3. The van der Waals surface area contributed by atoms with Gasteiger partial charge < -0.3 is 0 Å². The normalized spacial score (nSPS) is 22.5. The van der Waals surface area contributed by atoms with Gasteiger partial charge in [-0.3, -0.25) is 19.2 Å². The first-order chi connectivity index (χ1) is 26.6. The van der Waals surface area contributed by atoms with Crippen LogP contribution in [-0.4, -0.2) is 23.1 Å². The number of carbonyl (C=O) groups is 4. The number of alkyl halides is 6. The summed E-state index contributed by atoms with van der Waals surface area (Å²) in [7, 11) is 0. The van der Waals surface area contributed by atoms with E-state index in [-0.39, 0.29) is 33.4 Å². The summed E-state index contributed by atoms with van der Waals surface area (Å²) < 4.78 is 84.7. The Morgan fingerprint density at radius 3 is 1.23 bits per heavy atom. The second-order valence-electron chi connectivity index (χ2n) is 15.8. The fourth-order valence-electron chi connectivity index (χ4n) is 10.3.